The van der Waals surface area contributed by atoms with Crippen molar-refractivity contribution in [3.05, 3.63) is 99.9 Å². The van der Waals surface area contributed by atoms with Crippen LogP contribution in [0.2, 0.25) is 0 Å². The van der Waals surface area contributed by atoms with Crippen LogP contribution in [0.1, 0.15) is 6.92 Å². The summed E-state index contributed by atoms with van der Waals surface area (Å²) in [7, 11) is 0. The molecule has 0 atom stereocenters. The van der Waals surface area contributed by atoms with Gasteiger partial charge in [0.15, 0.2) is 5.65 Å². The second kappa shape index (κ2) is 8.43. The lowest BCUT2D eigenvalue weighted by molar-refractivity contribution is 0.340. The van der Waals surface area contributed by atoms with E-state index >= 15 is 0 Å². The Morgan fingerprint density at radius 2 is 1.62 bits per heavy atom. The van der Waals surface area contributed by atoms with Crippen molar-refractivity contribution in [3.8, 4) is 28.5 Å². The molecule has 0 unspecified atom stereocenters. The first-order valence-corrected chi connectivity index (χ1v) is 11.0. The summed E-state index contributed by atoms with van der Waals surface area (Å²) in [6.07, 6.45) is 1.58. The van der Waals surface area contributed by atoms with Crippen LogP contribution in [0.4, 0.5) is 0 Å². The molecule has 0 fully saturated rings. The average Bonchev–Trinajstić information content (AvgIpc) is 3.25. The van der Waals surface area contributed by atoms with Crippen LogP contribution in [0.15, 0.2) is 94.3 Å². The molecule has 0 aliphatic rings. The van der Waals surface area contributed by atoms with Crippen LogP contribution in [0, 0.1) is 0 Å². The standard InChI is InChI=1S/C25H19BrN4O2/c1-2-32-21-14-12-19(13-15-21)29-23(17-8-10-18(26)11-9-17)28-24-22(25(29)31)16-27-30(24)20-6-4-3-5-7-20/h3-16H,2H2,1H3. The minimum Gasteiger partial charge on any atom is -0.494 e. The lowest BCUT2D eigenvalue weighted by atomic mass is 10.2. The van der Waals surface area contributed by atoms with Crippen molar-refractivity contribution in [2.45, 2.75) is 6.92 Å². The van der Waals surface area contributed by atoms with Crippen molar-refractivity contribution in [1.82, 2.24) is 19.3 Å². The number of ether oxygens (including phenoxy) is 1. The summed E-state index contributed by atoms with van der Waals surface area (Å²) in [5.41, 5.74) is 2.70. The van der Waals surface area contributed by atoms with Gasteiger partial charge in [-0.15, -0.1) is 0 Å². The molecule has 5 rings (SSSR count). The van der Waals surface area contributed by atoms with Crippen molar-refractivity contribution in [2.75, 3.05) is 6.61 Å². The summed E-state index contributed by atoms with van der Waals surface area (Å²) in [6, 6.07) is 24.9. The van der Waals surface area contributed by atoms with Crippen LogP contribution in [0.5, 0.6) is 5.75 Å². The Labute approximate surface area is 192 Å². The van der Waals surface area contributed by atoms with E-state index < -0.39 is 0 Å². The fourth-order valence-electron chi connectivity index (χ4n) is 3.62. The highest BCUT2D eigenvalue weighted by atomic mass is 79.9. The van der Waals surface area contributed by atoms with Gasteiger partial charge in [0.05, 0.1) is 24.2 Å². The third-order valence-electron chi connectivity index (χ3n) is 5.11. The van der Waals surface area contributed by atoms with Crippen LogP contribution in [-0.2, 0) is 0 Å². The van der Waals surface area contributed by atoms with Crippen molar-refractivity contribution in [1.29, 1.82) is 0 Å². The van der Waals surface area contributed by atoms with Gasteiger partial charge in [0, 0.05) is 10.0 Å². The number of benzene rings is 3. The highest BCUT2D eigenvalue weighted by Gasteiger charge is 2.18. The molecular weight excluding hydrogens is 468 g/mol. The molecule has 2 heterocycles. The maximum absolute atomic E-state index is 13.7. The van der Waals surface area contributed by atoms with E-state index in [1.54, 1.807) is 15.4 Å². The smallest absolute Gasteiger partial charge is 0.269 e. The van der Waals surface area contributed by atoms with Gasteiger partial charge in [-0.2, -0.15) is 5.10 Å². The first kappa shape index (κ1) is 20.2. The summed E-state index contributed by atoms with van der Waals surface area (Å²) in [6.45, 7) is 2.52. The number of hydrogen-bond donors (Lipinski definition) is 0. The fourth-order valence-corrected chi connectivity index (χ4v) is 3.88. The largest absolute Gasteiger partial charge is 0.494 e. The topological polar surface area (TPSA) is 61.9 Å². The maximum atomic E-state index is 13.7. The molecule has 0 N–H and O–H groups in total. The number of para-hydroxylation sites is 1. The average molecular weight is 487 g/mol. The predicted octanol–water partition coefficient (Wildman–Crippen LogP) is 5.40. The zero-order valence-corrected chi connectivity index (χ0v) is 18.9. The van der Waals surface area contributed by atoms with E-state index in [4.69, 9.17) is 9.72 Å². The molecule has 7 heteroatoms. The first-order valence-electron chi connectivity index (χ1n) is 10.2. The number of halogens is 1. The van der Waals surface area contributed by atoms with Gasteiger partial charge in [-0.3, -0.25) is 9.36 Å². The van der Waals surface area contributed by atoms with Gasteiger partial charge in [0.1, 0.15) is 17.0 Å². The highest BCUT2D eigenvalue weighted by Crippen LogP contribution is 2.25. The Morgan fingerprint density at radius 3 is 2.31 bits per heavy atom. The number of nitrogens with zero attached hydrogens (tertiary/aromatic N) is 4. The fraction of sp³-hybridized carbons (Fsp3) is 0.0800. The molecule has 0 bridgehead atoms. The Balaban J connectivity index is 1.78. The minimum atomic E-state index is -0.181. The van der Waals surface area contributed by atoms with Gasteiger partial charge in [-0.1, -0.05) is 46.3 Å². The zero-order chi connectivity index (χ0) is 22.1. The molecule has 0 radical (unpaired) electrons. The predicted molar refractivity (Wildman–Crippen MR) is 129 cm³/mol. The molecule has 158 valence electrons. The lowest BCUT2D eigenvalue weighted by Crippen LogP contribution is -2.22. The third kappa shape index (κ3) is 3.61. The van der Waals surface area contributed by atoms with Gasteiger partial charge >= 0.3 is 0 Å². The van der Waals surface area contributed by atoms with Crippen LogP contribution < -0.4 is 10.3 Å². The lowest BCUT2D eigenvalue weighted by Gasteiger charge is -2.14. The molecule has 6 nitrogen and oxygen atoms in total. The van der Waals surface area contributed by atoms with E-state index in [0.29, 0.717) is 29.2 Å². The third-order valence-corrected chi connectivity index (χ3v) is 5.64. The summed E-state index contributed by atoms with van der Waals surface area (Å²) in [5, 5.41) is 4.91. The van der Waals surface area contributed by atoms with Gasteiger partial charge in [0.25, 0.3) is 5.56 Å². The molecule has 5 aromatic rings. The van der Waals surface area contributed by atoms with Crippen LogP contribution in [-0.4, -0.2) is 25.9 Å². The number of aromatic nitrogens is 4. The van der Waals surface area contributed by atoms with E-state index in [2.05, 4.69) is 21.0 Å². The highest BCUT2D eigenvalue weighted by molar-refractivity contribution is 9.10. The molecule has 3 aromatic carbocycles. The van der Waals surface area contributed by atoms with Crippen molar-refractivity contribution < 1.29 is 4.74 Å². The van der Waals surface area contributed by atoms with Crippen LogP contribution >= 0.6 is 15.9 Å². The van der Waals surface area contributed by atoms with E-state index in [0.717, 1.165) is 21.5 Å². The maximum Gasteiger partial charge on any atom is 0.269 e. The molecule has 0 spiro atoms. The summed E-state index contributed by atoms with van der Waals surface area (Å²) in [5.74, 6) is 1.29. The van der Waals surface area contributed by atoms with E-state index in [9.17, 15) is 4.79 Å². The molecule has 0 aliphatic heterocycles. The van der Waals surface area contributed by atoms with Gasteiger partial charge < -0.3 is 4.74 Å². The van der Waals surface area contributed by atoms with Gasteiger partial charge in [-0.25, -0.2) is 9.67 Å². The van der Waals surface area contributed by atoms with Crippen molar-refractivity contribution in [3.63, 3.8) is 0 Å². The first-order chi connectivity index (χ1) is 15.7. The van der Waals surface area contributed by atoms with Crippen LogP contribution in [0.25, 0.3) is 33.8 Å². The Hall–Kier alpha value is -3.71. The molecule has 0 saturated heterocycles. The summed E-state index contributed by atoms with van der Waals surface area (Å²) < 4.78 is 9.83. The molecule has 2 aromatic heterocycles. The minimum absolute atomic E-state index is 0.181. The number of rotatable bonds is 5. The Kier molecular flexibility index (Phi) is 5.33. The molecule has 0 aliphatic carbocycles. The van der Waals surface area contributed by atoms with E-state index in [-0.39, 0.29) is 5.56 Å². The molecule has 0 amide bonds. The van der Waals surface area contributed by atoms with E-state index in [1.807, 2.05) is 85.8 Å². The number of fused-ring (bicyclic) bond motifs is 1. The second-order valence-corrected chi connectivity index (χ2v) is 8.05. The quantitative estimate of drug-likeness (QED) is 0.333. The van der Waals surface area contributed by atoms with Gasteiger partial charge in [0.2, 0.25) is 0 Å². The van der Waals surface area contributed by atoms with E-state index in [1.165, 1.54) is 0 Å². The number of hydrogen-bond acceptors (Lipinski definition) is 4. The monoisotopic (exact) mass is 486 g/mol. The van der Waals surface area contributed by atoms with Crippen molar-refractivity contribution in [2.24, 2.45) is 0 Å². The Morgan fingerprint density at radius 1 is 0.906 bits per heavy atom. The Bertz CT molecular complexity index is 1440. The molecule has 0 saturated carbocycles. The second-order valence-electron chi connectivity index (χ2n) is 7.14. The normalized spacial score (nSPS) is 11.1. The van der Waals surface area contributed by atoms with Gasteiger partial charge in [-0.05, 0) is 55.5 Å². The van der Waals surface area contributed by atoms with Crippen molar-refractivity contribution >= 4 is 27.0 Å². The summed E-state index contributed by atoms with van der Waals surface area (Å²) >= 11 is 3.48. The zero-order valence-electron chi connectivity index (χ0n) is 17.3. The molecule has 32 heavy (non-hydrogen) atoms. The SMILES string of the molecule is CCOc1ccc(-n2c(-c3ccc(Br)cc3)nc3c(cnn3-c3ccccc3)c2=O)cc1. The van der Waals surface area contributed by atoms with Crippen LogP contribution in [0.3, 0.4) is 0 Å². The summed E-state index contributed by atoms with van der Waals surface area (Å²) in [4.78, 5) is 18.6. The molecular formula is C25H19BrN4O2.